The molecule has 2 heterocycles. The van der Waals surface area contributed by atoms with E-state index in [1.807, 2.05) is 24.3 Å². The number of aromatic amines is 1. The van der Waals surface area contributed by atoms with Crippen LogP contribution in [0.2, 0.25) is 0 Å². The molecule has 5 rings (SSSR count). The summed E-state index contributed by atoms with van der Waals surface area (Å²) < 4.78 is 42.5. The van der Waals surface area contributed by atoms with Gasteiger partial charge in [0.1, 0.15) is 5.82 Å². The lowest BCUT2D eigenvalue weighted by Gasteiger charge is -2.34. The number of amides is 1. The molecule has 1 aliphatic heterocycles. The van der Waals surface area contributed by atoms with Gasteiger partial charge in [0.25, 0.3) is 0 Å². The molecule has 0 saturated carbocycles. The van der Waals surface area contributed by atoms with Crippen LogP contribution in [0.1, 0.15) is 5.56 Å². The Hall–Kier alpha value is -2.66. The largest absolute Gasteiger partial charge is 0.349 e. The summed E-state index contributed by atoms with van der Waals surface area (Å²) in [6, 6.07) is 20.8. The first-order valence-electron chi connectivity index (χ1n) is 11.4. The lowest BCUT2D eigenvalue weighted by molar-refractivity contribution is -0.131. The summed E-state index contributed by atoms with van der Waals surface area (Å²) in [5.41, 5.74) is 1.69. The van der Waals surface area contributed by atoms with E-state index in [-0.39, 0.29) is 36.1 Å². The van der Waals surface area contributed by atoms with Crippen molar-refractivity contribution in [3.05, 3.63) is 88.6 Å². The van der Waals surface area contributed by atoms with Crippen LogP contribution < -0.4 is 0 Å². The predicted octanol–water partition coefficient (Wildman–Crippen LogP) is 5.30. The van der Waals surface area contributed by atoms with Gasteiger partial charge in [-0.25, -0.2) is 12.8 Å². The van der Waals surface area contributed by atoms with E-state index in [2.05, 4.69) is 20.9 Å². The Labute approximate surface area is 221 Å². The number of hydrogen-bond acceptors (Lipinski definition) is 4. The number of hydrogen-bond donors (Lipinski definition) is 1. The third-order valence-electron chi connectivity index (χ3n) is 6.19. The van der Waals surface area contributed by atoms with Crippen molar-refractivity contribution in [2.75, 3.05) is 26.2 Å². The summed E-state index contributed by atoms with van der Waals surface area (Å²) in [5, 5.41) is 1.65. The molecule has 0 radical (unpaired) electrons. The number of carbonyl (C=O) groups is 1. The van der Waals surface area contributed by atoms with Crippen molar-refractivity contribution in [3.63, 3.8) is 0 Å². The summed E-state index contributed by atoms with van der Waals surface area (Å²) in [7, 11) is -3.62. The van der Waals surface area contributed by atoms with Crippen molar-refractivity contribution in [1.82, 2.24) is 14.2 Å². The molecule has 0 unspecified atom stereocenters. The van der Waals surface area contributed by atoms with Crippen LogP contribution in [0.25, 0.3) is 10.9 Å². The highest BCUT2D eigenvalue weighted by atomic mass is 79.9. The molecule has 0 atom stereocenters. The molecule has 186 valence electrons. The Morgan fingerprint density at radius 3 is 2.33 bits per heavy atom. The van der Waals surface area contributed by atoms with Crippen molar-refractivity contribution >= 4 is 54.5 Å². The van der Waals surface area contributed by atoms with Crippen molar-refractivity contribution in [2.45, 2.75) is 21.2 Å². The van der Waals surface area contributed by atoms with Crippen LogP contribution in [0.4, 0.5) is 4.39 Å². The minimum atomic E-state index is -3.62. The number of benzene rings is 3. The van der Waals surface area contributed by atoms with Crippen LogP contribution in [-0.2, 0) is 21.2 Å². The topological polar surface area (TPSA) is 73.5 Å². The molecule has 1 amide bonds. The fraction of sp³-hybridized carbons (Fsp3) is 0.192. The second-order valence-corrected chi connectivity index (χ2v) is 12.3. The van der Waals surface area contributed by atoms with Crippen molar-refractivity contribution in [1.29, 1.82) is 0 Å². The molecule has 1 saturated heterocycles. The SMILES string of the molecule is O=C(Cc1c(Sc2ccccc2F)[nH]c2ccccc12)N1CCN(S(=O)(=O)c2ccc(Br)cc2)CC1. The smallest absolute Gasteiger partial charge is 0.243 e. The van der Waals surface area contributed by atoms with Gasteiger partial charge in [-0.1, -0.05) is 58.0 Å². The van der Waals surface area contributed by atoms with Crippen LogP contribution in [-0.4, -0.2) is 54.7 Å². The number of nitrogens with one attached hydrogen (secondary N) is 1. The van der Waals surface area contributed by atoms with E-state index in [1.165, 1.54) is 22.1 Å². The fourth-order valence-electron chi connectivity index (χ4n) is 4.27. The highest BCUT2D eigenvalue weighted by molar-refractivity contribution is 9.10. The molecule has 4 aromatic rings. The van der Waals surface area contributed by atoms with Gasteiger partial charge in [0.15, 0.2) is 0 Å². The van der Waals surface area contributed by atoms with E-state index in [0.717, 1.165) is 26.0 Å². The molecule has 1 aromatic heterocycles. The zero-order valence-electron chi connectivity index (χ0n) is 19.2. The number of halogens is 2. The van der Waals surface area contributed by atoms with E-state index in [0.29, 0.717) is 18.0 Å². The number of nitrogens with zero attached hydrogens (tertiary/aromatic N) is 2. The van der Waals surface area contributed by atoms with Crippen molar-refractivity contribution in [3.8, 4) is 0 Å². The Balaban J connectivity index is 1.32. The van der Waals surface area contributed by atoms with Gasteiger partial charge in [0.2, 0.25) is 15.9 Å². The Bertz CT molecular complexity index is 1520. The Morgan fingerprint density at radius 2 is 1.61 bits per heavy atom. The number of carbonyl (C=O) groups excluding carboxylic acids is 1. The summed E-state index contributed by atoms with van der Waals surface area (Å²) in [5.74, 6) is -0.405. The normalized spacial score (nSPS) is 14.9. The van der Waals surface area contributed by atoms with Crippen molar-refractivity contribution < 1.29 is 17.6 Å². The zero-order chi connectivity index (χ0) is 25.3. The first kappa shape index (κ1) is 25.0. The zero-order valence-corrected chi connectivity index (χ0v) is 22.4. The second-order valence-electron chi connectivity index (χ2n) is 8.43. The van der Waals surface area contributed by atoms with Crippen LogP contribution >= 0.6 is 27.7 Å². The van der Waals surface area contributed by atoms with Gasteiger partial charge in [-0.2, -0.15) is 4.31 Å². The minimum absolute atomic E-state index is 0.0872. The molecule has 0 aliphatic carbocycles. The van der Waals surface area contributed by atoms with E-state index in [1.54, 1.807) is 47.4 Å². The van der Waals surface area contributed by atoms with Crippen LogP contribution in [0, 0.1) is 5.82 Å². The summed E-state index contributed by atoms with van der Waals surface area (Å²) in [4.78, 5) is 19.0. The van der Waals surface area contributed by atoms with E-state index in [4.69, 9.17) is 0 Å². The first-order chi connectivity index (χ1) is 17.3. The van der Waals surface area contributed by atoms with Crippen molar-refractivity contribution in [2.24, 2.45) is 0 Å². The molecule has 6 nitrogen and oxygen atoms in total. The summed E-state index contributed by atoms with van der Waals surface area (Å²) >= 11 is 4.59. The summed E-state index contributed by atoms with van der Waals surface area (Å²) in [6.07, 6.45) is 0.139. The molecule has 0 spiro atoms. The van der Waals surface area contributed by atoms with E-state index < -0.39 is 10.0 Å². The third-order valence-corrected chi connectivity index (χ3v) is 9.74. The quantitative estimate of drug-likeness (QED) is 0.332. The van der Waals surface area contributed by atoms with Gasteiger partial charge in [-0.3, -0.25) is 4.79 Å². The monoisotopic (exact) mass is 587 g/mol. The average Bonchev–Trinajstić information content (AvgIpc) is 3.22. The fourth-order valence-corrected chi connectivity index (χ4v) is 6.96. The van der Waals surface area contributed by atoms with Crippen LogP contribution in [0.3, 0.4) is 0 Å². The first-order valence-corrected chi connectivity index (χ1v) is 14.4. The number of para-hydroxylation sites is 1. The van der Waals surface area contributed by atoms with Gasteiger partial charge in [0.05, 0.1) is 16.3 Å². The van der Waals surface area contributed by atoms with Gasteiger partial charge in [-0.05, 0) is 42.5 Å². The van der Waals surface area contributed by atoms with Crippen LogP contribution in [0.15, 0.2) is 92.1 Å². The van der Waals surface area contributed by atoms with Crippen LogP contribution in [0.5, 0.6) is 0 Å². The molecule has 3 aromatic carbocycles. The van der Waals surface area contributed by atoms with Gasteiger partial charge < -0.3 is 9.88 Å². The molecule has 0 bridgehead atoms. The number of fused-ring (bicyclic) bond motifs is 1. The average molecular weight is 589 g/mol. The number of sulfonamides is 1. The maximum Gasteiger partial charge on any atom is 0.243 e. The van der Waals surface area contributed by atoms with E-state index in [9.17, 15) is 17.6 Å². The molecular weight excluding hydrogens is 565 g/mol. The predicted molar refractivity (Wildman–Crippen MR) is 142 cm³/mol. The maximum atomic E-state index is 14.3. The third kappa shape index (κ3) is 5.08. The lowest BCUT2D eigenvalue weighted by atomic mass is 10.1. The highest BCUT2D eigenvalue weighted by Gasteiger charge is 2.30. The standard InChI is InChI=1S/C26H23BrFN3O3S2/c27-18-9-11-19(12-10-18)36(33,34)31-15-13-30(14-16-31)25(32)17-21-20-5-1-3-7-23(20)29-26(21)35-24-8-4-2-6-22(24)28/h1-12,29H,13-17H2. The molecule has 1 N–H and O–H groups in total. The number of H-pyrrole nitrogens is 1. The van der Waals surface area contributed by atoms with Gasteiger partial charge >= 0.3 is 0 Å². The molecular formula is C26H23BrFN3O3S2. The minimum Gasteiger partial charge on any atom is -0.349 e. The number of piperazine rings is 1. The van der Waals surface area contributed by atoms with Gasteiger partial charge in [0, 0.05) is 52.0 Å². The molecule has 10 heteroatoms. The molecule has 1 fully saturated rings. The van der Waals surface area contributed by atoms with Gasteiger partial charge in [-0.15, -0.1) is 0 Å². The number of rotatable bonds is 6. The summed E-state index contributed by atoms with van der Waals surface area (Å²) in [6.45, 7) is 1.09. The number of aromatic nitrogens is 1. The molecule has 1 aliphatic rings. The Kier molecular flexibility index (Phi) is 7.21. The Morgan fingerprint density at radius 1 is 0.944 bits per heavy atom. The van der Waals surface area contributed by atoms with E-state index >= 15 is 0 Å². The maximum absolute atomic E-state index is 14.3. The lowest BCUT2D eigenvalue weighted by Crippen LogP contribution is -2.50. The molecule has 36 heavy (non-hydrogen) atoms. The highest BCUT2D eigenvalue weighted by Crippen LogP contribution is 2.36. The second kappa shape index (κ2) is 10.4.